The molecule has 0 saturated carbocycles. The Labute approximate surface area is 251 Å². The highest BCUT2D eigenvalue weighted by atomic mass is 32.2. The van der Waals surface area contributed by atoms with E-state index < -0.39 is 40.5 Å². The molecule has 43 heavy (non-hydrogen) atoms. The van der Waals surface area contributed by atoms with Crippen LogP contribution in [0.1, 0.15) is 80.9 Å². The highest BCUT2D eigenvalue weighted by Gasteiger charge is 2.56. The number of unbranched alkanes of at least 4 members (excludes halogenated alkanes) is 3. The largest absolute Gasteiger partial charge is 0.508 e. The Balaban J connectivity index is 1.43. The number of sulfone groups is 1. The summed E-state index contributed by atoms with van der Waals surface area (Å²) in [7, 11) is -1.82. The fourth-order valence-corrected chi connectivity index (χ4v) is 6.94. The first kappa shape index (κ1) is 34.8. The minimum Gasteiger partial charge on any atom is -0.508 e. The van der Waals surface area contributed by atoms with E-state index in [1.807, 2.05) is 36.2 Å². The Morgan fingerprint density at radius 2 is 1.42 bits per heavy atom. The summed E-state index contributed by atoms with van der Waals surface area (Å²) in [6, 6.07) is 12.9. The lowest BCUT2D eigenvalue weighted by molar-refractivity contribution is -0.284. The number of halogens is 5. The molecular formula is C32H42F5NO4S. The van der Waals surface area contributed by atoms with Crippen LogP contribution >= 0.6 is 0 Å². The molecule has 0 atom stereocenters. The third-order valence-corrected chi connectivity index (χ3v) is 9.76. The molecule has 1 aliphatic carbocycles. The Kier molecular flexibility index (Phi) is 12.4. The van der Waals surface area contributed by atoms with Gasteiger partial charge < -0.3 is 15.1 Å². The third-order valence-electron chi connectivity index (χ3n) is 7.94. The van der Waals surface area contributed by atoms with Crippen molar-refractivity contribution in [2.75, 3.05) is 31.6 Å². The molecule has 0 aromatic heterocycles. The lowest BCUT2D eigenvalue weighted by Gasteiger charge is -2.19. The number of rotatable bonds is 16. The number of aromatic hydroxyl groups is 2. The number of allylic oxidation sites excluding steroid dienone is 2. The van der Waals surface area contributed by atoms with E-state index in [0.29, 0.717) is 6.54 Å². The summed E-state index contributed by atoms with van der Waals surface area (Å²) in [5.41, 5.74) is 5.96. The molecule has 1 aliphatic rings. The standard InChI is InChI=1S/C32H42F5NO4S/c1-38(20-8-22-43(41,42)21-7-18-31(33,34)32(35,36)37)19-5-3-2-4-10-30-28(24-12-14-26(39)15-13-24)11-6-9-25-23-27(40)16-17-29(25)30/h12-17,23,39-40H,2-11,18-22H2,1H3. The zero-order valence-electron chi connectivity index (χ0n) is 24.6. The van der Waals surface area contributed by atoms with Gasteiger partial charge in [-0.3, -0.25) is 0 Å². The molecule has 11 heteroatoms. The Morgan fingerprint density at radius 1 is 0.791 bits per heavy atom. The summed E-state index contributed by atoms with van der Waals surface area (Å²) in [6.07, 6.45) is -0.0909. The molecule has 0 amide bonds. The lowest BCUT2D eigenvalue weighted by Crippen LogP contribution is -2.36. The van der Waals surface area contributed by atoms with E-state index in [-0.39, 0.29) is 23.7 Å². The number of phenols is 2. The number of nitrogens with zero attached hydrogens (tertiary/aromatic N) is 1. The maximum atomic E-state index is 13.0. The first-order valence-corrected chi connectivity index (χ1v) is 16.7. The van der Waals surface area contributed by atoms with Gasteiger partial charge in [0, 0.05) is 6.42 Å². The zero-order chi connectivity index (χ0) is 31.7. The number of aryl methyl sites for hydroxylation is 1. The molecule has 2 aromatic carbocycles. The van der Waals surface area contributed by atoms with Crippen LogP contribution in [-0.4, -0.2) is 67.3 Å². The highest BCUT2D eigenvalue weighted by molar-refractivity contribution is 7.91. The van der Waals surface area contributed by atoms with Gasteiger partial charge in [-0.15, -0.1) is 0 Å². The first-order chi connectivity index (χ1) is 20.2. The van der Waals surface area contributed by atoms with Crippen molar-refractivity contribution < 1.29 is 40.6 Å². The van der Waals surface area contributed by atoms with Gasteiger partial charge in [-0.1, -0.05) is 31.0 Å². The number of hydrogen-bond donors (Lipinski definition) is 2. The molecule has 0 spiro atoms. The second kappa shape index (κ2) is 15.4. The quantitative estimate of drug-likeness (QED) is 0.145. The van der Waals surface area contributed by atoms with Gasteiger partial charge in [-0.25, -0.2) is 8.42 Å². The van der Waals surface area contributed by atoms with Crippen LogP contribution in [0.5, 0.6) is 11.5 Å². The molecule has 0 saturated heterocycles. The minimum atomic E-state index is -5.67. The van der Waals surface area contributed by atoms with Crippen LogP contribution in [0.2, 0.25) is 0 Å². The first-order valence-electron chi connectivity index (χ1n) is 14.9. The van der Waals surface area contributed by atoms with E-state index in [2.05, 4.69) is 0 Å². The van der Waals surface area contributed by atoms with E-state index in [1.165, 1.54) is 16.7 Å². The molecule has 0 unspecified atom stereocenters. The van der Waals surface area contributed by atoms with Crippen LogP contribution in [0.3, 0.4) is 0 Å². The van der Waals surface area contributed by atoms with Crippen molar-refractivity contribution in [3.63, 3.8) is 0 Å². The summed E-state index contributed by atoms with van der Waals surface area (Å²) in [6.45, 7) is 1.26. The van der Waals surface area contributed by atoms with Gasteiger partial charge in [-0.05, 0) is 124 Å². The molecule has 0 bridgehead atoms. The Hall–Kier alpha value is -2.66. The molecule has 2 N–H and O–H groups in total. The lowest BCUT2D eigenvalue weighted by atomic mass is 9.89. The fourth-order valence-electron chi connectivity index (χ4n) is 5.58. The van der Waals surface area contributed by atoms with Crippen molar-refractivity contribution in [3.8, 4) is 11.5 Å². The summed E-state index contributed by atoms with van der Waals surface area (Å²) in [5.74, 6) is -5.31. The Morgan fingerprint density at radius 3 is 2.12 bits per heavy atom. The van der Waals surface area contributed by atoms with E-state index in [0.717, 1.165) is 69.0 Å². The molecular weight excluding hydrogens is 589 g/mol. The number of fused-ring (bicyclic) bond motifs is 1. The van der Waals surface area contributed by atoms with Crippen molar-refractivity contribution in [2.45, 2.75) is 82.7 Å². The van der Waals surface area contributed by atoms with Gasteiger partial charge in [0.15, 0.2) is 0 Å². The highest BCUT2D eigenvalue weighted by Crippen LogP contribution is 2.40. The van der Waals surface area contributed by atoms with E-state index in [9.17, 15) is 40.6 Å². The molecule has 2 aromatic rings. The number of hydrogen-bond acceptors (Lipinski definition) is 5. The molecule has 0 heterocycles. The second-order valence-corrected chi connectivity index (χ2v) is 13.8. The summed E-state index contributed by atoms with van der Waals surface area (Å²) in [4.78, 5) is 2.01. The maximum Gasteiger partial charge on any atom is 0.453 e. The second-order valence-electron chi connectivity index (χ2n) is 11.5. The maximum absolute atomic E-state index is 13.0. The fraction of sp³-hybridized carbons (Fsp3) is 0.562. The number of phenolic OH excluding ortho intramolecular Hbond substituents is 2. The minimum absolute atomic E-state index is 0.226. The van der Waals surface area contributed by atoms with E-state index >= 15 is 0 Å². The average Bonchev–Trinajstić information content (AvgIpc) is 3.09. The molecule has 0 radical (unpaired) electrons. The average molecular weight is 632 g/mol. The third kappa shape index (κ3) is 10.8. The summed E-state index contributed by atoms with van der Waals surface area (Å²) < 4.78 is 86.9. The zero-order valence-corrected chi connectivity index (χ0v) is 25.4. The molecule has 3 rings (SSSR count). The monoisotopic (exact) mass is 631 g/mol. The normalized spacial score (nSPS) is 14.7. The topological polar surface area (TPSA) is 77.8 Å². The smallest absolute Gasteiger partial charge is 0.453 e. The Bertz CT molecular complexity index is 1320. The van der Waals surface area contributed by atoms with Crippen LogP contribution in [0, 0.1) is 0 Å². The predicted molar refractivity (Wildman–Crippen MR) is 160 cm³/mol. The predicted octanol–water partition coefficient (Wildman–Crippen LogP) is 8.01. The van der Waals surface area contributed by atoms with Crippen LogP contribution in [0.4, 0.5) is 22.0 Å². The number of alkyl halides is 5. The van der Waals surface area contributed by atoms with E-state index in [1.54, 1.807) is 18.2 Å². The van der Waals surface area contributed by atoms with Gasteiger partial charge in [0.05, 0.1) is 11.5 Å². The van der Waals surface area contributed by atoms with Gasteiger partial charge >= 0.3 is 12.1 Å². The number of benzene rings is 2. The van der Waals surface area contributed by atoms with E-state index in [4.69, 9.17) is 0 Å². The van der Waals surface area contributed by atoms with Gasteiger partial charge in [0.1, 0.15) is 21.3 Å². The SMILES string of the molecule is CN(CCCCCCC1=C(c2ccc(O)cc2)CCCc2cc(O)ccc21)CCCS(=O)(=O)CCCC(F)(F)C(F)(F)F. The van der Waals surface area contributed by atoms with Crippen molar-refractivity contribution in [1.82, 2.24) is 4.90 Å². The van der Waals surface area contributed by atoms with Crippen molar-refractivity contribution in [3.05, 3.63) is 59.2 Å². The summed E-state index contributed by atoms with van der Waals surface area (Å²) >= 11 is 0. The van der Waals surface area contributed by atoms with Crippen molar-refractivity contribution in [1.29, 1.82) is 0 Å². The molecule has 0 fully saturated rings. The van der Waals surface area contributed by atoms with Crippen LogP contribution < -0.4 is 0 Å². The van der Waals surface area contributed by atoms with Crippen molar-refractivity contribution in [2.24, 2.45) is 0 Å². The molecule has 5 nitrogen and oxygen atoms in total. The van der Waals surface area contributed by atoms with Gasteiger partial charge in [-0.2, -0.15) is 22.0 Å². The van der Waals surface area contributed by atoms with Crippen LogP contribution in [-0.2, 0) is 16.3 Å². The van der Waals surface area contributed by atoms with Crippen LogP contribution in [0.25, 0.3) is 11.1 Å². The summed E-state index contributed by atoms with van der Waals surface area (Å²) in [5, 5.41) is 19.8. The van der Waals surface area contributed by atoms with Gasteiger partial charge in [0.25, 0.3) is 0 Å². The molecule has 0 aliphatic heterocycles. The van der Waals surface area contributed by atoms with Crippen LogP contribution in [0.15, 0.2) is 42.5 Å². The molecule has 240 valence electrons. The van der Waals surface area contributed by atoms with Crippen molar-refractivity contribution >= 4 is 21.0 Å². The van der Waals surface area contributed by atoms with Gasteiger partial charge in [0.2, 0.25) is 0 Å².